The number of nitrogens with zero attached hydrogens (tertiary/aromatic N) is 1. The molecule has 0 spiro atoms. The van der Waals surface area contributed by atoms with E-state index in [1.54, 1.807) is 18.2 Å². The number of alkyl halides is 3. The highest BCUT2D eigenvalue weighted by Gasteiger charge is 2.35. The minimum absolute atomic E-state index is 0.0242. The standard InChI is InChI=1S/C24H25F3N2O3/c25-24(26,27)18-7-5-6-16(12-18)14-29-15-17(13-22(29)30)23(31)28-20-10-3-4-11-21(20)32-19-8-1-2-9-19/h3-7,10-12,17,19H,1-2,8-9,13-15H2,(H,28,31). The number of hydrogen-bond donors (Lipinski definition) is 1. The monoisotopic (exact) mass is 446 g/mol. The first kappa shape index (κ1) is 22.2. The van der Waals surface area contributed by atoms with Crippen molar-refractivity contribution in [3.8, 4) is 5.75 Å². The SMILES string of the molecule is O=C(Nc1ccccc1OC1CCCC1)C1CC(=O)N(Cc2cccc(C(F)(F)F)c2)C1. The van der Waals surface area contributed by atoms with E-state index < -0.39 is 17.7 Å². The van der Waals surface area contributed by atoms with Crippen molar-refractivity contribution in [1.82, 2.24) is 4.90 Å². The number of para-hydroxylation sites is 2. The molecule has 1 N–H and O–H groups in total. The van der Waals surface area contributed by atoms with E-state index in [1.807, 2.05) is 12.1 Å². The van der Waals surface area contributed by atoms with Crippen molar-refractivity contribution < 1.29 is 27.5 Å². The van der Waals surface area contributed by atoms with Crippen molar-refractivity contribution in [2.24, 2.45) is 5.92 Å². The van der Waals surface area contributed by atoms with Gasteiger partial charge in [-0.25, -0.2) is 0 Å². The molecule has 1 atom stereocenters. The second-order valence-electron chi connectivity index (χ2n) is 8.38. The highest BCUT2D eigenvalue weighted by atomic mass is 19.4. The van der Waals surface area contributed by atoms with Crippen LogP contribution in [0.5, 0.6) is 5.75 Å². The van der Waals surface area contributed by atoms with Crippen LogP contribution in [0.1, 0.15) is 43.2 Å². The van der Waals surface area contributed by atoms with Crippen LogP contribution in [-0.4, -0.2) is 29.4 Å². The molecular weight excluding hydrogens is 421 g/mol. The van der Waals surface area contributed by atoms with Gasteiger partial charge in [-0.1, -0.05) is 24.3 Å². The van der Waals surface area contributed by atoms with Gasteiger partial charge < -0.3 is 15.0 Å². The lowest BCUT2D eigenvalue weighted by atomic mass is 10.1. The first-order valence-electron chi connectivity index (χ1n) is 10.8. The molecule has 32 heavy (non-hydrogen) atoms. The molecule has 1 aliphatic heterocycles. The van der Waals surface area contributed by atoms with Gasteiger partial charge in [-0.05, 0) is 55.5 Å². The number of nitrogens with one attached hydrogen (secondary N) is 1. The number of halogens is 3. The Bertz CT molecular complexity index is 986. The molecule has 0 radical (unpaired) electrons. The van der Waals surface area contributed by atoms with Gasteiger partial charge in [0.15, 0.2) is 0 Å². The molecule has 0 bridgehead atoms. The van der Waals surface area contributed by atoms with E-state index in [0.29, 0.717) is 17.0 Å². The summed E-state index contributed by atoms with van der Waals surface area (Å²) in [6.07, 6.45) is -0.0361. The summed E-state index contributed by atoms with van der Waals surface area (Å²) >= 11 is 0. The lowest BCUT2D eigenvalue weighted by Crippen LogP contribution is -2.28. The zero-order valence-corrected chi connectivity index (χ0v) is 17.5. The number of ether oxygens (including phenoxy) is 1. The fraction of sp³-hybridized carbons (Fsp3) is 0.417. The average Bonchev–Trinajstić information content (AvgIpc) is 3.39. The summed E-state index contributed by atoms with van der Waals surface area (Å²) in [4.78, 5) is 26.7. The maximum atomic E-state index is 12.9. The Morgan fingerprint density at radius 3 is 2.59 bits per heavy atom. The van der Waals surface area contributed by atoms with E-state index in [9.17, 15) is 22.8 Å². The maximum absolute atomic E-state index is 12.9. The molecule has 1 saturated carbocycles. The molecule has 2 fully saturated rings. The highest BCUT2D eigenvalue weighted by Crippen LogP contribution is 2.32. The van der Waals surface area contributed by atoms with E-state index in [-0.39, 0.29) is 37.4 Å². The number of likely N-dealkylation sites (tertiary alicyclic amines) is 1. The van der Waals surface area contributed by atoms with Gasteiger partial charge >= 0.3 is 6.18 Å². The minimum Gasteiger partial charge on any atom is -0.488 e. The molecule has 8 heteroatoms. The van der Waals surface area contributed by atoms with Crippen LogP contribution in [0, 0.1) is 5.92 Å². The summed E-state index contributed by atoms with van der Waals surface area (Å²) in [5.41, 5.74) is 0.188. The smallest absolute Gasteiger partial charge is 0.416 e. The van der Waals surface area contributed by atoms with Crippen molar-refractivity contribution >= 4 is 17.5 Å². The minimum atomic E-state index is -4.44. The molecule has 0 aromatic heterocycles. The van der Waals surface area contributed by atoms with Gasteiger partial charge in [0.05, 0.1) is 23.3 Å². The Kier molecular flexibility index (Phi) is 6.39. The largest absolute Gasteiger partial charge is 0.488 e. The van der Waals surface area contributed by atoms with Crippen LogP contribution in [0.2, 0.25) is 0 Å². The lowest BCUT2D eigenvalue weighted by Gasteiger charge is -2.19. The second-order valence-corrected chi connectivity index (χ2v) is 8.38. The van der Waals surface area contributed by atoms with E-state index in [1.165, 1.54) is 11.0 Å². The van der Waals surface area contributed by atoms with Crippen LogP contribution in [0.15, 0.2) is 48.5 Å². The molecular formula is C24H25F3N2O3. The number of hydrogen-bond acceptors (Lipinski definition) is 3. The number of carbonyl (C=O) groups is 2. The van der Waals surface area contributed by atoms with Crippen molar-refractivity contribution in [2.75, 3.05) is 11.9 Å². The Labute approximate surface area is 184 Å². The van der Waals surface area contributed by atoms with E-state index in [4.69, 9.17) is 4.74 Å². The van der Waals surface area contributed by atoms with Crippen LogP contribution in [-0.2, 0) is 22.3 Å². The number of benzene rings is 2. The number of carbonyl (C=O) groups excluding carboxylic acids is 2. The Balaban J connectivity index is 1.39. The van der Waals surface area contributed by atoms with E-state index in [2.05, 4.69) is 5.32 Å². The molecule has 170 valence electrons. The van der Waals surface area contributed by atoms with Crippen molar-refractivity contribution in [3.63, 3.8) is 0 Å². The van der Waals surface area contributed by atoms with Crippen LogP contribution in [0.25, 0.3) is 0 Å². The molecule has 1 aliphatic carbocycles. The Morgan fingerprint density at radius 1 is 1.09 bits per heavy atom. The summed E-state index contributed by atoms with van der Waals surface area (Å²) < 4.78 is 44.9. The average molecular weight is 446 g/mol. The molecule has 5 nitrogen and oxygen atoms in total. The zero-order valence-electron chi connectivity index (χ0n) is 17.5. The zero-order chi connectivity index (χ0) is 22.7. The topological polar surface area (TPSA) is 58.6 Å². The number of rotatable bonds is 6. The lowest BCUT2D eigenvalue weighted by molar-refractivity contribution is -0.137. The van der Waals surface area contributed by atoms with Crippen LogP contribution in [0.3, 0.4) is 0 Å². The maximum Gasteiger partial charge on any atom is 0.416 e. The highest BCUT2D eigenvalue weighted by molar-refractivity contribution is 5.98. The van der Waals surface area contributed by atoms with Gasteiger partial charge in [-0.15, -0.1) is 0 Å². The summed E-state index contributed by atoms with van der Waals surface area (Å²) in [5, 5.41) is 2.87. The van der Waals surface area contributed by atoms with Crippen LogP contribution >= 0.6 is 0 Å². The molecule has 1 heterocycles. The number of anilines is 1. The third-order valence-corrected chi connectivity index (χ3v) is 5.95. The fourth-order valence-electron chi connectivity index (χ4n) is 4.26. The first-order valence-corrected chi connectivity index (χ1v) is 10.8. The fourth-order valence-corrected chi connectivity index (χ4v) is 4.26. The van der Waals surface area contributed by atoms with Gasteiger partial charge in [0.25, 0.3) is 0 Å². The molecule has 2 aliphatic rings. The van der Waals surface area contributed by atoms with Gasteiger partial charge in [-0.2, -0.15) is 13.2 Å². The van der Waals surface area contributed by atoms with Crippen molar-refractivity contribution in [3.05, 3.63) is 59.7 Å². The molecule has 1 saturated heterocycles. The summed E-state index contributed by atoms with van der Waals surface area (Å²) in [5.74, 6) is -0.517. The normalized spacial score (nSPS) is 19.4. The van der Waals surface area contributed by atoms with Crippen molar-refractivity contribution in [1.29, 1.82) is 0 Å². The van der Waals surface area contributed by atoms with E-state index in [0.717, 1.165) is 37.8 Å². The molecule has 2 aromatic rings. The summed E-state index contributed by atoms with van der Waals surface area (Å²) in [6.45, 7) is 0.195. The second kappa shape index (κ2) is 9.22. The summed E-state index contributed by atoms with van der Waals surface area (Å²) in [7, 11) is 0. The number of amides is 2. The van der Waals surface area contributed by atoms with Gasteiger partial charge in [0.1, 0.15) is 5.75 Å². The third-order valence-electron chi connectivity index (χ3n) is 5.95. The molecule has 1 unspecified atom stereocenters. The predicted molar refractivity (Wildman–Crippen MR) is 113 cm³/mol. The summed E-state index contributed by atoms with van der Waals surface area (Å²) in [6, 6.07) is 12.1. The van der Waals surface area contributed by atoms with Crippen LogP contribution < -0.4 is 10.1 Å². The van der Waals surface area contributed by atoms with Gasteiger partial charge in [0, 0.05) is 19.5 Å². The first-order chi connectivity index (χ1) is 15.3. The molecule has 2 amide bonds. The van der Waals surface area contributed by atoms with Gasteiger partial charge in [0.2, 0.25) is 11.8 Å². The Hall–Kier alpha value is -3.03. The molecule has 4 rings (SSSR count). The van der Waals surface area contributed by atoms with Crippen molar-refractivity contribution in [2.45, 2.75) is 50.9 Å². The van der Waals surface area contributed by atoms with Crippen LogP contribution in [0.4, 0.5) is 18.9 Å². The predicted octanol–water partition coefficient (Wildman–Crippen LogP) is 5.01. The Morgan fingerprint density at radius 2 is 1.84 bits per heavy atom. The quantitative estimate of drug-likeness (QED) is 0.678. The van der Waals surface area contributed by atoms with Gasteiger partial charge in [-0.3, -0.25) is 9.59 Å². The molecule has 2 aromatic carbocycles. The van der Waals surface area contributed by atoms with E-state index >= 15 is 0 Å². The third kappa shape index (κ3) is 5.23.